The number of nitrogens with zero attached hydrogens (tertiary/aromatic N) is 3. The zero-order chi connectivity index (χ0) is 33.6. The highest BCUT2D eigenvalue weighted by atomic mass is 19.4. The first-order valence-electron chi connectivity index (χ1n) is 14.1. The molecule has 0 spiro atoms. The average Bonchev–Trinajstić information content (AvgIpc) is 3.41. The van der Waals surface area contributed by atoms with Crippen molar-refractivity contribution in [2.75, 3.05) is 13.2 Å². The van der Waals surface area contributed by atoms with Crippen molar-refractivity contribution in [1.29, 1.82) is 0 Å². The number of aromatic nitrogens is 3. The lowest BCUT2D eigenvalue weighted by Gasteiger charge is -2.31. The minimum atomic E-state index is -5.38. The minimum absolute atomic E-state index is 0.0401. The molecule has 2 atom stereocenters. The molecule has 1 aliphatic rings. The van der Waals surface area contributed by atoms with Gasteiger partial charge in [-0.25, -0.2) is 9.37 Å². The van der Waals surface area contributed by atoms with Crippen LogP contribution < -0.4 is 20.5 Å². The number of benzene rings is 2. The summed E-state index contributed by atoms with van der Waals surface area (Å²) in [4.78, 5) is 38.2. The minimum Gasteiger partial charge on any atom is -0.489 e. The molecule has 4 heterocycles. The van der Waals surface area contributed by atoms with E-state index in [1.807, 2.05) is 0 Å². The van der Waals surface area contributed by atoms with Gasteiger partial charge in [0.25, 0.3) is 5.91 Å². The fourth-order valence-electron chi connectivity index (χ4n) is 5.15. The number of amides is 2. The second-order valence-corrected chi connectivity index (χ2v) is 11.1. The maximum Gasteiger partial charge on any atom is 0.424 e. The number of pyridine rings is 3. The molecule has 0 saturated heterocycles. The van der Waals surface area contributed by atoms with E-state index in [9.17, 15) is 32.3 Å². The molecule has 6 rings (SSSR count). The van der Waals surface area contributed by atoms with Crippen LogP contribution in [-0.4, -0.2) is 51.2 Å². The third-order valence-electron chi connectivity index (χ3n) is 7.94. The molecule has 2 amide bonds. The third kappa shape index (κ3) is 5.67. The SMILES string of the molecule is C[C@]1(C(N)=O)COc2c1cc([C@@](O)(CNC(=O)c1cc(Oc3ccncc3)c3ncccc3c1)C(F)(F)F)nc2-c1ccc(F)cc1. The Morgan fingerprint density at radius 3 is 2.47 bits per heavy atom. The number of carbonyl (C=O) groups excluding carboxylic acids is 2. The molecule has 0 aliphatic carbocycles. The van der Waals surface area contributed by atoms with E-state index in [1.165, 1.54) is 49.8 Å². The van der Waals surface area contributed by atoms with Gasteiger partial charge in [-0.2, -0.15) is 13.2 Å². The summed E-state index contributed by atoms with van der Waals surface area (Å²) in [5.74, 6) is -1.98. The number of nitrogens with one attached hydrogen (secondary N) is 1. The zero-order valence-corrected chi connectivity index (χ0v) is 24.5. The number of halogens is 4. The Bertz CT molecular complexity index is 2010. The van der Waals surface area contributed by atoms with Gasteiger partial charge in [0.1, 0.15) is 40.5 Å². The summed E-state index contributed by atoms with van der Waals surface area (Å²) in [6.45, 7) is -0.295. The molecule has 4 N–H and O–H groups in total. The Balaban J connectivity index is 1.40. The summed E-state index contributed by atoms with van der Waals surface area (Å²) in [5, 5.41) is 14.0. The Kier molecular flexibility index (Phi) is 7.76. The molecule has 2 aromatic carbocycles. The van der Waals surface area contributed by atoms with Crippen molar-refractivity contribution >= 4 is 22.7 Å². The number of ether oxygens (including phenoxy) is 2. The predicted molar refractivity (Wildman–Crippen MR) is 160 cm³/mol. The topological polar surface area (TPSA) is 150 Å². The van der Waals surface area contributed by atoms with Gasteiger partial charge in [0.15, 0.2) is 5.75 Å². The van der Waals surface area contributed by atoms with Gasteiger partial charge < -0.3 is 25.6 Å². The lowest BCUT2D eigenvalue weighted by molar-refractivity contribution is -0.265. The lowest BCUT2D eigenvalue weighted by Crippen LogP contribution is -2.51. The highest BCUT2D eigenvalue weighted by Gasteiger charge is 2.57. The highest BCUT2D eigenvalue weighted by Crippen LogP contribution is 2.47. The number of fused-ring (bicyclic) bond motifs is 2. The maximum absolute atomic E-state index is 14.8. The number of hydrogen-bond donors (Lipinski definition) is 3. The Labute approximate surface area is 264 Å². The van der Waals surface area contributed by atoms with E-state index in [2.05, 4.69) is 20.3 Å². The molecule has 240 valence electrons. The van der Waals surface area contributed by atoms with E-state index in [1.54, 1.807) is 24.3 Å². The van der Waals surface area contributed by atoms with Crippen LogP contribution in [0.15, 0.2) is 85.3 Å². The van der Waals surface area contributed by atoms with Gasteiger partial charge in [0.2, 0.25) is 11.5 Å². The van der Waals surface area contributed by atoms with Crippen LogP contribution in [0.25, 0.3) is 22.2 Å². The summed E-state index contributed by atoms with van der Waals surface area (Å²) in [6, 6.07) is 14.7. The van der Waals surface area contributed by atoms with Crippen molar-refractivity contribution in [3.05, 3.63) is 108 Å². The summed E-state index contributed by atoms with van der Waals surface area (Å²) in [5.41, 5.74) is -0.441. The van der Waals surface area contributed by atoms with Crippen LogP contribution in [0.1, 0.15) is 28.5 Å². The Morgan fingerprint density at radius 1 is 1.06 bits per heavy atom. The molecule has 5 aromatic rings. The Hall–Kier alpha value is -5.63. The maximum atomic E-state index is 14.8. The van der Waals surface area contributed by atoms with Gasteiger partial charge >= 0.3 is 6.18 Å². The fourth-order valence-corrected chi connectivity index (χ4v) is 5.15. The highest BCUT2D eigenvalue weighted by molar-refractivity contribution is 6.00. The van der Waals surface area contributed by atoms with Gasteiger partial charge in [-0.15, -0.1) is 0 Å². The first-order chi connectivity index (χ1) is 22.3. The van der Waals surface area contributed by atoms with Crippen LogP contribution in [-0.2, 0) is 15.8 Å². The smallest absolute Gasteiger partial charge is 0.424 e. The Morgan fingerprint density at radius 2 is 1.79 bits per heavy atom. The summed E-state index contributed by atoms with van der Waals surface area (Å²) < 4.78 is 69.7. The molecule has 0 bridgehead atoms. The van der Waals surface area contributed by atoms with Crippen molar-refractivity contribution in [3.63, 3.8) is 0 Å². The number of aliphatic hydroxyl groups is 1. The summed E-state index contributed by atoms with van der Waals surface area (Å²) in [6.07, 6.45) is -0.881. The van der Waals surface area contributed by atoms with E-state index in [-0.39, 0.29) is 40.5 Å². The molecule has 1 aliphatic heterocycles. The van der Waals surface area contributed by atoms with Crippen molar-refractivity contribution in [1.82, 2.24) is 20.3 Å². The molecule has 0 saturated carbocycles. The number of hydrogen-bond acceptors (Lipinski definition) is 8. The predicted octanol–water partition coefficient (Wildman–Crippen LogP) is 4.94. The van der Waals surface area contributed by atoms with Crippen molar-refractivity contribution in [2.45, 2.75) is 24.1 Å². The van der Waals surface area contributed by atoms with Crippen LogP contribution >= 0.6 is 0 Å². The van der Waals surface area contributed by atoms with E-state index in [0.717, 1.165) is 18.2 Å². The number of rotatable bonds is 8. The second-order valence-electron chi connectivity index (χ2n) is 11.1. The van der Waals surface area contributed by atoms with Gasteiger partial charge in [0, 0.05) is 40.7 Å². The van der Waals surface area contributed by atoms with E-state index in [4.69, 9.17) is 15.2 Å². The molecule has 14 heteroatoms. The first-order valence-corrected chi connectivity index (χ1v) is 14.1. The van der Waals surface area contributed by atoms with Crippen LogP contribution in [0.5, 0.6) is 17.2 Å². The molecule has 3 aromatic heterocycles. The molecule has 0 radical (unpaired) electrons. The van der Waals surface area contributed by atoms with Gasteiger partial charge in [0.05, 0.1) is 12.2 Å². The van der Waals surface area contributed by atoms with E-state index >= 15 is 0 Å². The standard InChI is InChI=1S/C33H25F4N5O5/c1-31(30(38)44)17-46-28-23(31)15-25(42-27(28)18-4-6-21(34)7-5-18)32(45,33(35,36)37)16-41-29(43)20-13-19-3-2-10-40-26(19)24(14-20)47-22-8-11-39-12-9-22/h2-15,45H,16-17H2,1H3,(H2,38,44)(H,41,43)/t31-,32-/m0/s1. The largest absolute Gasteiger partial charge is 0.489 e. The van der Waals surface area contributed by atoms with Gasteiger partial charge in [-0.05, 0) is 67.6 Å². The summed E-state index contributed by atoms with van der Waals surface area (Å²) in [7, 11) is 0. The molecule has 0 unspecified atom stereocenters. The monoisotopic (exact) mass is 647 g/mol. The number of primary amides is 1. The second kappa shape index (κ2) is 11.6. The fraction of sp³-hybridized carbons (Fsp3) is 0.182. The van der Waals surface area contributed by atoms with E-state index in [0.29, 0.717) is 16.7 Å². The first kappa shape index (κ1) is 31.4. The van der Waals surface area contributed by atoms with Crippen molar-refractivity contribution in [3.8, 4) is 28.5 Å². The van der Waals surface area contributed by atoms with Crippen LogP contribution in [0.2, 0.25) is 0 Å². The van der Waals surface area contributed by atoms with Crippen molar-refractivity contribution < 1.29 is 41.7 Å². The molecule has 0 fully saturated rings. The van der Waals surface area contributed by atoms with Crippen LogP contribution in [0.4, 0.5) is 17.6 Å². The van der Waals surface area contributed by atoms with Crippen LogP contribution in [0.3, 0.4) is 0 Å². The third-order valence-corrected chi connectivity index (χ3v) is 7.94. The quantitative estimate of drug-likeness (QED) is 0.201. The number of alkyl halides is 3. The number of nitrogens with two attached hydrogens (primary N) is 1. The summed E-state index contributed by atoms with van der Waals surface area (Å²) >= 11 is 0. The lowest BCUT2D eigenvalue weighted by atomic mass is 9.81. The van der Waals surface area contributed by atoms with E-state index < -0.39 is 47.1 Å². The normalized spacial score (nSPS) is 17.0. The van der Waals surface area contributed by atoms with Crippen molar-refractivity contribution in [2.24, 2.45) is 5.73 Å². The molecular weight excluding hydrogens is 622 g/mol. The van der Waals surface area contributed by atoms with Gasteiger partial charge in [-0.1, -0.05) is 6.07 Å². The molecule has 47 heavy (non-hydrogen) atoms. The zero-order valence-electron chi connectivity index (χ0n) is 24.5. The number of carbonyl (C=O) groups is 2. The molecular formula is C33H25F4N5O5. The van der Waals surface area contributed by atoms with Crippen LogP contribution in [0, 0.1) is 5.82 Å². The van der Waals surface area contributed by atoms with Gasteiger partial charge in [-0.3, -0.25) is 19.6 Å². The average molecular weight is 648 g/mol. The molecule has 10 nitrogen and oxygen atoms in total.